The van der Waals surface area contributed by atoms with E-state index in [1.165, 1.54) is 0 Å². The Bertz CT molecular complexity index is 539. The van der Waals surface area contributed by atoms with Crippen molar-refractivity contribution in [1.82, 2.24) is 0 Å². The maximum Gasteiger partial charge on any atom is 0.230 e. The Morgan fingerprint density at radius 3 is 3.10 bits per heavy atom. The summed E-state index contributed by atoms with van der Waals surface area (Å²) in [6.07, 6.45) is 0.734. The van der Waals surface area contributed by atoms with Gasteiger partial charge >= 0.3 is 0 Å². The minimum atomic E-state index is -0.201. The van der Waals surface area contributed by atoms with Crippen LogP contribution in [0.25, 0.3) is 0 Å². The molecule has 1 heterocycles. The molecule has 1 aromatic rings. The van der Waals surface area contributed by atoms with Crippen molar-refractivity contribution in [3.05, 3.63) is 23.8 Å². The molecule has 0 saturated carbocycles. The Labute approximate surface area is 117 Å². The van der Waals surface area contributed by atoms with E-state index in [9.17, 15) is 4.79 Å². The average Bonchev–Trinajstić information content (AvgIpc) is 2.99. The van der Waals surface area contributed by atoms with Crippen molar-refractivity contribution in [2.75, 3.05) is 32.2 Å². The zero-order valence-corrected chi connectivity index (χ0v) is 11.3. The van der Waals surface area contributed by atoms with Gasteiger partial charge in [0.1, 0.15) is 12.4 Å². The molecule has 0 radical (unpaired) electrons. The molecule has 0 bridgehead atoms. The smallest absolute Gasteiger partial charge is 0.230 e. The third kappa shape index (κ3) is 3.50. The summed E-state index contributed by atoms with van der Waals surface area (Å²) in [7, 11) is 1.54. The van der Waals surface area contributed by atoms with Gasteiger partial charge in [-0.05, 0) is 24.6 Å². The van der Waals surface area contributed by atoms with Crippen LogP contribution in [0.15, 0.2) is 18.2 Å². The van der Waals surface area contributed by atoms with E-state index in [1.54, 1.807) is 25.3 Å². The number of benzene rings is 1. The average molecular weight is 275 g/mol. The van der Waals surface area contributed by atoms with Gasteiger partial charge in [0.05, 0.1) is 25.3 Å². The van der Waals surface area contributed by atoms with E-state index in [2.05, 4.69) is 17.2 Å². The number of hydrogen-bond donors (Lipinski definition) is 2. The molecule has 1 aromatic carbocycles. The molecule has 1 aliphatic heterocycles. The third-order valence-corrected chi connectivity index (χ3v) is 3.07. The zero-order chi connectivity index (χ0) is 14.4. The monoisotopic (exact) mass is 275 g/mol. The zero-order valence-electron chi connectivity index (χ0n) is 11.3. The second kappa shape index (κ2) is 6.94. The van der Waals surface area contributed by atoms with Crippen LogP contribution in [-0.4, -0.2) is 37.9 Å². The van der Waals surface area contributed by atoms with E-state index in [4.69, 9.17) is 14.6 Å². The second-order valence-corrected chi connectivity index (χ2v) is 4.42. The topological polar surface area (TPSA) is 67.8 Å². The number of ether oxygens (including phenoxy) is 2. The van der Waals surface area contributed by atoms with E-state index in [0.29, 0.717) is 30.2 Å². The Hall–Kier alpha value is -2.03. The van der Waals surface area contributed by atoms with Crippen molar-refractivity contribution in [2.24, 2.45) is 5.92 Å². The number of aliphatic hydroxyl groups is 1. The van der Waals surface area contributed by atoms with E-state index in [0.717, 1.165) is 6.42 Å². The SMILES string of the molecule is COc1ccc(C#CCO)cc1NC(=O)C1CCOC1. The number of rotatable bonds is 3. The molecule has 0 aromatic heterocycles. The van der Waals surface area contributed by atoms with E-state index in [1.807, 2.05) is 0 Å². The minimum Gasteiger partial charge on any atom is -0.495 e. The lowest BCUT2D eigenvalue weighted by atomic mass is 10.1. The lowest BCUT2D eigenvalue weighted by Gasteiger charge is -2.13. The van der Waals surface area contributed by atoms with Crippen LogP contribution in [-0.2, 0) is 9.53 Å². The standard InChI is InChI=1S/C15H17NO4/c1-19-14-5-4-11(3-2-7-17)9-13(14)16-15(18)12-6-8-20-10-12/h4-5,9,12,17H,6-8,10H2,1H3,(H,16,18). The number of anilines is 1. The van der Waals surface area contributed by atoms with E-state index >= 15 is 0 Å². The third-order valence-electron chi connectivity index (χ3n) is 3.07. The summed E-state index contributed by atoms with van der Waals surface area (Å²) in [6.45, 7) is 0.878. The summed E-state index contributed by atoms with van der Waals surface area (Å²) in [6, 6.07) is 5.24. The number of carbonyl (C=O) groups is 1. The van der Waals surface area contributed by atoms with Gasteiger partial charge in [0.15, 0.2) is 0 Å². The maximum atomic E-state index is 12.1. The molecular formula is C15H17NO4. The normalized spacial score (nSPS) is 17.2. The first-order valence-electron chi connectivity index (χ1n) is 6.41. The van der Waals surface area contributed by atoms with Gasteiger partial charge in [-0.2, -0.15) is 0 Å². The number of methoxy groups -OCH3 is 1. The number of amides is 1. The molecule has 5 heteroatoms. The Balaban J connectivity index is 2.17. The first-order valence-corrected chi connectivity index (χ1v) is 6.41. The predicted octanol–water partition coefficient (Wildman–Crippen LogP) is 1.01. The number of hydrogen-bond acceptors (Lipinski definition) is 4. The highest BCUT2D eigenvalue weighted by Gasteiger charge is 2.24. The van der Waals surface area contributed by atoms with Gasteiger partial charge in [-0.25, -0.2) is 0 Å². The fraction of sp³-hybridized carbons (Fsp3) is 0.400. The lowest BCUT2D eigenvalue weighted by Crippen LogP contribution is -2.23. The summed E-state index contributed by atoms with van der Waals surface area (Å²) >= 11 is 0. The highest BCUT2D eigenvalue weighted by Crippen LogP contribution is 2.26. The second-order valence-electron chi connectivity index (χ2n) is 4.42. The molecule has 1 saturated heterocycles. The maximum absolute atomic E-state index is 12.1. The van der Waals surface area contributed by atoms with Gasteiger partial charge in [0.2, 0.25) is 5.91 Å². The molecule has 106 valence electrons. The van der Waals surface area contributed by atoms with Crippen LogP contribution < -0.4 is 10.1 Å². The van der Waals surface area contributed by atoms with Crippen LogP contribution in [0.2, 0.25) is 0 Å². The van der Waals surface area contributed by atoms with Crippen molar-refractivity contribution in [1.29, 1.82) is 0 Å². The van der Waals surface area contributed by atoms with Gasteiger partial charge in [-0.15, -0.1) is 0 Å². The molecule has 20 heavy (non-hydrogen) atoms. The van der Waals surface area contributed by atoms with Crippen LogP contribution in [0.1, 0.15) is 12.0 Å². The molecular weight excluding hydrogens is 258 g/mol. The summed E-state index contributed by atoms with van der Waals surface area (Å²) in [5.74, 6) is 5.75. The van der Waals surface area contributed by atoms with Crippen LogP contribution in [0.5, 0.6) is 5.75 Å². The van der Waals surface area contributed by atoms with Gasteiger partial charge < -0.3 is 19.9 Å². The van der Waals surface area contributed by atoms with Crippen LogP contribution in [0.4, 0.5) is 5.69 Å². The highest BCUT2D eigenvalue weighted by molar-refractivity contribution is 5.94. The van der Waals surface area contributed by atoms with Gasteiger partial charge in [0.25, 0.3) is 0 Å². The molecule has 5 nitrogen and oxygen atoms in total. The summed E-state index contributed by atoms with van der Waals surface area (Å²) in [4.78, 5) is 12.1. The van der Waals surface area contributed by atoms with Crippen molar-refractivity contribution in [3.8, 4) is 17.6 Å². The van der Waals surface area contributed by atoms with Crippen LogP contribution in [0.3, 0.4) is 0 Å². The highest BCUT2D eigenvalue weighted by atomic mass is 16.5. The van der Waals surface area contributed by atoms with E-state index in [-0.39, 0.29) is 18.4 Å². The summed E-state index contributed by atoms with van der Waals surface area (Å²) in [5, 5.41) is 11.6. The van der Waals surface area contributed by atoms with Crippen LogP contribution >= 0.6 is 0 Å². The predicted molar refractivity (Wildman–Crippen MR) is 74.5 cm³/mol. The quantitative estimate of drug-likeness (QED) is 0.808. The lowest BCUT2D eigenvalue weighted by molar-refractivity contribution is -0.119. The summed E-state index contributed by atoms with van der Waals surface area (Å²) in [5.41, 5.74) is 1.28. The molecule has 2 rings (SSSR count). The number of carbonyl (C=O) groups excluding carboxylic acids is 1. The molecule has 1 fully saturated rings. The van der Waals surface area contributed by atoms with Crippen molar-refractivity contribution in [3.63, 3.8) is 0 Å². The van der Waals surface area contributed by atoms with Gasteiger partial charge in [0, 0.05) is 12.2 Å². The fourth-order valence-electron chi connectivity index (χ4n) is 2.00. The minimum absolute atomic E-state index is 0.0759. The van der Waals surface area contributed by atoms with Crippen molar-refractivity contribution in [2.45, 2.75) is 6.42 Å². The molecule has 2 N–H and O–H groups in total. The summed E-state index contributed by atoms with van der Waals surface area (Å²) < 4.78 is 10.4. The van der Waals surface area contributed by atoms with Crippen LogP contribution in [0, 0.1) is 17.8 Å². The molecule has 1 unspecified atom stereocenters. The first-order chi connectivity index (χ1) is 9.74. The number of aliphatic hydroxyl groups excluding tert-OH is 1. The Morgan fingerprint density at radius 2 is 2.45 bits per heavy atom. The largest absolute Gasteiger partial charge is 0.495 e. The molecule has 0 aliphatic carbocycles. The molecule has 1 amide bonds. The first kappa shape index (κ1) is 14.4. The molecule has 0 spiro atoms. The Morgan fingerprint density at radius 1 is 1.60 bits per heavy atom. The van der Waals surface area contributed by atoms with Gasteiger partial charge in [-0.3, -0.25) is 4.79 Å². The van der Waals surface area contributed by atoms with Crippen molar-refractivity contribution < 1.29 is 19.4 Å². The van der Waals surface area contributed by atoms with E-state index < -0.39 is 0 Å². The molecule has 1 aliphatic rings. The molecule has 1 atom stereocenters. The van der Waals surface area contributed by atoms with Crippen molar-refractivity contribution >= 4 is 11.6 Å². The number of nitrogens with one attached hydrogen (secondary N) is 1. The van der Waals surface area contributed by atoms with Gasteiger partial charge in [-0.1, -0.05) is 11.8 Å². The fourth-order valence-corrected chi connectivity index (χ4v) is 2.00. The Kier molecular flexibility index (Phi) is 4.99.